The lowest BCUT2D eigenvalue weighted by Crippen LogP contribution is -2.62. The van der Waals surface area contributed by atoms with Gasteiger partial charge in [0.1, 0.15) is 12.8 Å². The van der Waals surface area contributed by atoms with E-state index in [1.165, 1.54) is 11.6 Å². The van der Waals surface area contributed by atoms with Crippen molar-refractivity contribution in [3.63, 3.8) is 0 Å². The molecule has 2 unspecified atom stereocenters. The van der Waals surface area contributed by atoms with Gasteiger partial charge in [-0.05, 0) is 30.4 Å². The second-order valence-corrected chi connectivity index (χ2v) is 8.11. The normalized spacial score (nSPS) is 20.2. The number of carbonyl (C=O) groups is 1. The van der Waals surface area contributed by atoms with Gasteiger partial charge >= 0.3 is 0 Å². The van der Waals surface area contributed by atoms with E-state index < -0.39 is 0 Å². The summed E-state index contributed by atoms with van der Waals surface area (Å²) in [5, 5.41) is 2.23. The smallest absolute Gasteiger partial charge is 0.277 e. The molecule has 2 atom stereocenters. The molecule has 1 aromatic heterocycles. The van der Waals surface area contributed by atoms with Crippen LogP contribution in [0.4, 0.5) is 0 Å². The standard InChI is InChI=1S/C25H25N3O3/c1-26-22-14-8-13-20(19-11-6-3-7-12-19)28(22)27-16-15-21(29)24(23(27)25(26)30)31-17-18-9-4-2-5-10-18/h2-7,9-12,15-16,20,22H,8,13-14,17H2,1H3. The Morgan fingerprint density at radius 1 is 0.935 bits per heavy atom. The van der Waals surface area contributed by atoms with Gasteiger partial charge in [-0.25, -0.2) is 0 Å². The number of benzene rings is 2. The number of piperidine rings is 1. The first-order valence-corrected chi connectivity index (χ1v) is 10.7. The van der Waals surface area contributed by atoms with Crippen LogP contribution in [0.15, 0.2) is 77.7 Å². The van der Waals surface area contributed by atoms with Crippen molar-refractivity contribution in [3.8, 4) is 5.75 Å². The van der Waals surface area contributed by atoms with Crippen molar-refractivity contribution in [2.24, 2.45) is 0 Å². The lowest BCUT2D eigenvalue weighted by molar-refractivity contribution is 0.0549. The Morgan fingerprint density at radius 2 is 1.65 bits per heavy atom. The molecule has 3 heterocycles. The van der Waals surface area contributed by atoms with Gasteiger partial charge in [-0.1, -0.05) is 60.7 Å². The van der Waals surface area contributed by atoms with Crippen molar-refractivity contribution < 1.29 is 9.53 Å². The van der Waals surface area contributed by atoms with E-state index in [1.807, 2.05) is 60.3 Å². The zero-order chi connectivity index (χ0) is 21.4. The van der Waals surface area contributed by atoms with Gasteiger partial charge in [0.25, 0.3) is 5.91 Å². The van der Waals surface area contributed by atoms with Crippen LogP contribution in [0.5, 0.6) is 5.75 Å². The Labute approximate surface area is 181 Å². The molecule has 1 fully saturated rings. The summed E-state index contributed by atoms with van der Waals surface area (Å²) >= 11 is 0. The summed E-state index contributed by atoms with van der Waals surface area (Å²) in [6, 6.07) is 21.6. The highest BCUT2D eigenvalue weighted by atomic mass is 16.5. The van der Waals surface area contributed by atoms with Crippen LogP contribution in [0.25, 0.3) is 0 Å². The van der Waals surface area contributed by atoms with E-state index in [-0.39, 0.29) is 35.9 Å². The van der Waals surface area contributed by atoms with Crippen molar-refractivity contribution in [1.82, 2.24) is 9.58 Å². The van der Waals surface area contributed by atoms with Crippen molar-refractivity contribution in [1.29, 1.82) is 0 Å². The molecule has 1 saturated heterocycles. The van der Waals surface area contributed by atoms with E-state index >= 15 is 0 Å². The number of hydrogen-bond acceptors (Lipinski definition) is 4. The molecule has 5 rings (SSSR count). The molecule has 2 aliphatic rings. The molecule has 2 aromatic carbocycles. The fraction of sp³-hybridized carbons (Fsp3) is 0.280. The van der Waals surface area contributed by atoms with Gasteiger partial charge in [0.2, 0.25) is 5.43 Å². The quantitative estimate of drug-likeness (QED) is 0.652. The molecule has 0 saturated carbocycles. The number of pyridine rings is 1. The first-order chi connectivity index (χ1) is 15.1. The molecule has 3 aromatic rings. The Balaban J connectivity index is 1.59. The minimum Gasteiger partial charge on any atom is -0.482 e. The number of carbonyl (C=O) groups excluding carboxylic acids is 1. The van der Waals surface area contributed by atoms with E-state index in [0.717, 1.165) is 24.8 Å². The molecule has 2 aliphatic heterocycles. The van der Waals surface area contributed by atoms with Crippen LogP contribution in [0, 0.1) is 0 Å². The van der Waals surface area contributed by atoms with Crippen LogP contribution in [0.3, 0.4) is 0 Å². The summed E-state index contributed by atoms with van der Waals surface area (Å²) in [7, 11) is 1.81. The fourth-order valence-corrected chi connectivity index (χ4v) is 4.69. The number of amides is 1. The largest absolute Gasteiger partial charge is 0.482 e. The number of fused-ring (bicyclic) bond motifs is 3. The molecule has 0 N–H and O–H groups in total. The average Bonchev–Trinajstić information content (AvgIpc) is 2.82. The monoisotopic (exact) mass is 415 g/mol. The SMILES string of the molecule is CN1C(=O)c2c(OCc3ccccc3)c(=O)ccn2N2C(c3ccccc3)CCCC12. The Bertz CT molecular complexity index is 1140. The fourth-order valence-electron chi connectivity index (χ4n) is 4.69. The van der Waals surface area contributed by atoms with Crippen molar-refractivity contribution in [2.45, 2.75) is 38.1 Å². The summed E-state index contributed by atoms with van der Waals surface area (Å²) < 4.78 is 7.81. The lowest BCUT2D eigenvalue weighted by atomic mass is 9.93. The summed E-state index contributed by atoms with van der Waals surface area (Å²) in [4.78, 5) is 27.9. The van der Waals surface area contributed by atoms with Crippen LogP contribution in [0.2, 0.25) is 0 Å². The van der Waals surface area contributed by atoms with Gasteiger partial charge in [0, 0.05) is 19.3 Å². The number of nitrogens with zero attached hydrogens (tertiary/aromatic N) is 3. The van der Waals surface area contributed by atoms with Gasteiger partial charge in [-0.2, -0.15) is 0 Å². The topological polar surface area (TPSA) is 54.8 Å². The minimum absolute atomic E-state index is 0.0663. The predicted octanol–water partition coefficient (Wildman–Crippen LogP) is 3.70. The summed E-state index contributed by atoms with van der Waals surface area (Å²) in [5.41, 5.74) is 2.16. The third-order valence-electron chi connectivity index (χ3n) is 6.23. The van der Waals surface area contributed by atoms with Gasteiger partial charge in [0.05, 0.1) is 6.04 Å². The van der Waals surface area contributed by atoms with Crippen molar-refractivity contribution in [3.05, 3.63) is 100.0 Å². The number of ether oxygens (including phenoxy) is 1. The molecule has 0 spiro atoms. The Kier molecular flexibility index (Phi) is 4.98. The molecular weight excluding hydrogens is 390 g/mol. The van der Waals surface area contributed by atoms with Crippen LogP contribution < -0.4 is 15.2 Å². The maximum absolute atomic E-state index is 13.4. The predicted molar refractivity (Wildman–Crippen MR) is 119 cm³/mol. The van der Waals surface area contributed by atoms with E-state index in [0.29, 0.717) is 5.69 Å². The lowest BCUT2D eigenvalue weighted by Gasteiger charge is -2.51. The zero-order valence-electron chi connectivity index (χ0n) is 17.5. The molecule has 0 bridgehead atoms. The maximum Gasteiger partial charge on any atom is 0.277 e. The van der Waals surface area contributed by atoms with Crippen molar-refractivity contribution >= 4 is 5.91 Å². The Hall–Kier alpha value is -3.54. The van der Waals surface area contributed by atoms with Crippen molar-refractivity contribution in [2.75, 3.05) is 12.1 Å². The highest BCUT2D eigenvalue weighted by Gasteiger charge is 2.43. The highest BCUT2D eigenvalue weighted by Crippen LogP contribution is 2.38. The highest BCUT2D eigenvalue weighted by molar-refractivity contribution is 5.96. The first kappa shape index (κ1) is 19.4. The molecule has 31 heavy (non-hydrogen) atoms. The van der Waals surface area contributed by atoms with Gasteiger partial charge in [-0.15, -0.1) is 0 Å². The zero-order valence-corrected chi connectivity index (χ0v) is 17.5. The first-order valence-electron chi connectivity index (χ1n) is 10.7. The van der Waals surface area contributed by atoms with Crippen LogP contribution in [0.1, 0.15) is 46.9 Å². The third kappa shape index (κ3) is 3.38. The van der Waals surface area contributed by atoms with Crippen LogP contribution in [-0.2, 0) is 6.61 Å². The molecule has 0 radical (unpaired) electrons. The van der Waals surface area contributed by atoms with Crippen LogP contribution in [-0.4, -0.2) is 28.7 Å². The second kappa shape index (κ2) is 7.95. The number of aromatic nitrogens is 1. The van der Waals surface area contributed by atoms with Gasteiger partial charge < -0.3 is 9.64 Å². The van der Waals surface area contributed by atoms with Gasteiger partial charge in [-0.3, -0.25) is 19.3 Å². The molecule has 1 amide bonds. The summed E-state index contributed by atoms with van der Waals surface area (Å²) in [5.74, 6) is -0.0743. The molecular formula is C25H25N3O3. The van der Waals surface area contributed by atoms with E-state index in [9.17, 15) is 9.59 Å². The minimum atomic E-state index is -0.282. The molecule has 158 valence electrons. The van der Waals surface area contributed by atoms with Gasteiger partial charge in [0.15, 0.2) is 11.4 Å². The second-order valence-electron chi connectivity index (χ2n) is 8.11. The van der Waals surface area contributed by atoms with E-state index in [4.69, 9.17) is 4.74 Å². The third-order valence-corrected chi connectivity index (χ3v) is 6.23. The average molecular weight is 415 g/mol. The summed E-state index contributed by atoms with van der Waals surface area (Å²) in [6.07, 6.45) is 4.55. The molecule has 0 aliphatic carbocycles. The number of rotatable bonds is 4. The molecule has 6 nitrogen and oxygen atoms in total. The van der Waals surface area contributed by atoms with E-state index in [1.54, 1.807) is 11.1 Å². The Morgan fingerprint density at radius 3 is 2.39 bits per heavy atom. The van der Waals surface area contributed by atoms with Crippen LogP contribution >= 0.6 is 0 Å². The maximum atomic E-state index is 13.4. The van der Waals surface area contributed by atoms with E-state index in [2.05, 4.69) is 17.1 Å². The summed E-state index contributed by atoms with van der Waals surface area (Å²) in [6.45, 7) is 0.232. The number of hydrogen-bond donors (Lipinski definition) is 0. The molecule has 6 heteroatoms.